The van der Waals surface area contributed by atoms with Crippen LogP contribution in [-0.2, 0) is 11.2 Å². The van der Waals surface area contributed by atoms with Gasteiger partial charge in [0.15, 0.2) is 6.61 Å². The van der Waals surface area contributed by atoms with Crippen LogP contribution in [0.25, 0.3) is 0 Å². The molecule has 1 atom stereocenters. The second kappa shape index (κ2) is 10.4. The van der Waals surface area contributed by atoms with Crippen molar-refractivity contribution >= 4 is 5.91 Å². The minimum atomic E-state index is -0.469. The average Bonchev–Trinajstić information content (AvgIpc) is 2.77. The molecule has 1 amide bonds. The maximum Gasteiger partial charge on any atom is 0.258 e. The molecule has 0 radical (unpaired) electrons. The van der Waals surface area contributed by atoms with Gasteiger partial charge in [-0.25, -0.2) is 4.39 Å². The zero-order valence-corrected chi connectivity index (χ0v) is 17.2. The summed E-state index contributed by atoms with van der Waals surface area (Å²) in [6.07, 6.45) is 0.924. The van der Waals surface area contributed by atoms with E-state index in [-0.39, 0.29) is 18.3 Å². The fraction of sp³-hybridized carbons (Fsp3) is 0.240. The summed E-state index contributed by atoms with van der Waals surface area (Å²) < 4.78 is 24.8. The largest absolute Gasteiger partial charge is 0.494 e. The molecule has 0 saturated heterocycles. The SMILES string of the molecule is CCOc1ccc(OCC(=O)N[C@@H](c2ccc(CC)cc2)c2cccc(F)c2)cc1. The Morgan fingerprint density at radius 3 is 2.17 bits per heavy atom. The first-order valence-electron chi connectivity index (χ1n) is 10.1. The average molecular weight is 407 g/mol. The number of halogens is 1. The van der Waals surface area contributed by atoms with E-state index >= 15 is 0 Å². The van der Waals surface area contributed by atoms with Crippen LogP contribution in [0.1, 0.15) is 36.6 Å². The van der Waals surface area contributed by atoms with Crippen molar-refractivity contribution in [3.63, 3.8) is 0 Å². The maximum atomic E-state index is 13.8. The van der Waals surface area contributed by atoms with Crippen LogP contribution in [0.5, 0.6) is 11.5 Å². The first-order valence-corrected chi connectivity index (χ1v) is 10.1. The molecule has 0 bridgehead atoms. The number of carbonyl (C=O) groups excluding carboxylic acids is 1. The highest BCUT2D eigenvalue weighted by atomic mass is 19.1. The number of ether oxygens (including phenoxy) is 2. The molecule has 3 aromatic rings. The van der Waals surface area contributed by atoms with Crippen molar-refractivity contribution in [1.82, 2.24) is 5.32 Å². The van der Waals surface area contributed by atoms with Gasteiger partial charge in [-0.1, -0.05) is 43.3 Å². The van der Waals surface area contributed by atoms with Crippen molar-refractivity contribution in [1.29, 1.82) is 0 Å². The maximum absolute atomic E-state index is 13.8. The molecule has 0 aliphatic carbocycles. The lowest BCUT2D eigenvalue weighted by molar-refractivity contribution is -0.123. The van der Waals surface area contributed by atoms with Gasteiger partial charge < -0.3 is 14.8 Å². The molecule has 4 nitrogen and oxygen atoms in total. The van der Waals surface area contributed by atoms with Gasteiger partial charge >= 0.3 is 0 Å². The standard InChI is InChI=1S/C25H26FNO3/c1-3-18-8-10-19(11-9-18)25(20-6-5-7-21(26)16-20)27-24(28)17-30-23-14-12-22(13-15-23)29-4-2/h5-16,25H,3-4,17H2,1-2H3,(H,27,28)/t25-/m0/s1. The number of nitrogens with one attached hydrogen (secondary N) is 1. The molecule has 1 N–H and O–H groups in total. The Morgan fingerprint density at radius 2 is 1.57 bits per heavy atom. The Morgan fingerprint density at radius 1 is 0.900 bits per heavy atom. The van der Waals surface area contributed by atoms with Crippen LogP contribution in [0.2, 0.25) is 0 Å². The summed E-state index contributed by atoms with van der Waals surface area (Å²) in [7, 11) is 0. The quantitative estimate of drug-likeness (QED) is 0.539. The highest BCUT2D eigenvalue weighted by Gasteiger charge is 2.18. The topological polar surface area (TPSA) is 47.6 Å². The lowest BCUT2D eigenvalue weighted by atomic mass is 9.97. The minimum Gasteiger partial charge on any atom is -0.494 e. The molecule has 0 aliphatic heterocycles. The van der Waals surface area contributed by atoms with E-state index in [1.165, 1.54) is 17.7 Å². The Hall–Kier alpha value is -3.34. The molecule has 0 spiro atoms. The van der Waals surface area contributed by atoms with E-state index in [0.29, 0.717) is 17.9 Å². The fourth-order valence-electron chi connectivity index (χ4n) is 3.14. The van der Waals surface area contributed by atoms with Crippen molar-refractivity contribution in [3.05, 3.63) is 95.3 Å². The molecule has 0 aromatic heterocycles. The Labute approximate surface area is 176 Å². The van der Waals surface area contributed by atoms with E-state index in [1.807, 2.05) is 31.2 Å². The summed E-state index contributed by atoms with van der Waals surface area (Å²) in [4.78, 5) is 12.6. The van der Waals surface area contributed by atoms with Crippen LogP contribution in [0.3, 0.4) is 0 Å². The predicted octanol–water partition coefficient (Wildman–Crippen LogP) is 5.07. The molecule has 156 valence electrons. The second-order valence-electron chi connectivity index (χ2n) is 6.84. The highest BCUT2D eigenvalue weighted by Crippen LogP contribution is 2.24. The minimum absolute atomic E-state index is 0.146. The molecule has 0 saturated carbocycles. The number of hydrogen-bond acceptors (Lipinski definition) is 3. The lowest BCUT2D eigenvalue weighted by Gasteiger charge is -2.20. The molecule has 3 aromatic carbocycles. The molecule has 0 aliphatic rings. The van der Waals surface area contributed by atoms with E-state index in [0.717, 1.165) is 17.7 Å². The number of carbonyl (C=O) groups is 1. The number of amides is 1. The summed E-state index contributed by atoms with van der Waals surface area (Å²) in [6, 6.07) is 20.8. The Bertz CT molecular complexity index is 955. The van der Waals surface area contributed by atoms with Gasteiger partial charge in [-0.3, -0.25) is 4.79 Å². The zero-order valence-electron chi connectivity index (χ0n) is 17.2. The van der Waals surface area contributed by atoms with Crippen LogP contribution in [0.4, 0.5) is 4.39 Å². The van der Waals surface area contributed by atoms with Gasteiger partial charge in [-0.2, -0.15) is 0 Å². The molecule has 5 heteroatoms. The summed E-state index contributed by atoms with van der Waals surface area (Å²) in [6.45, 7) is 4.44. The third-order valence-corrected chi connectivity index (χ3v) is 4.71. The monoisotopic (exact) mass is 407 g/mol. The number of rotatable bonds is 9. The Balaban J connectivity index is 1.71. The lowest BCUT2D eigenvalue weighted by Crippen LogP contribution is -2.33. The first kappa shape index (κ1) is 21.4. The fourth-order valence-corrected chi connectivity index (χ4v) is 3.14. The molecular weight excluding hydrogens is 381 g/mol. The third kappa shape index (κ3) is 5.83. The van der Waals surface area contributed by atoms with E-state index in [2.05, 4.69) is 12.2 Å². The zero-order chi connectivity index (χ0) is 21.3. The molecule has 0 fully saturated rings. The van der Waals surface area contributed by atoms with Crippen molar-refractivity contribution in [2.45, 2.75) is 26.3 Å². The molecule has 0 heterocycles. The summed E-state index contributed by atoms with van der Waals surface area (Å²) in [5.74, 6) is 0.680. The first-order chi connectivity index (χ1) is 14.6. The summed E-state index contributed by atoms with van der Waals surface area (Å²) >= 11 is 0. The third-order valence-electron chi connectivity index (χ3n) is 4.71. The van der Waals surface area contributed by atoms with Crippen molar-refractivity contribution in [3.8, 4) is 11.5 Å². The van der Waals surface area contributed by atoms with E-state index in [9.17, 15) is 9.18 Å². The summed E-state index contributed by atoms with van der Waals surface area (Å²) in [5.41, 5.74) is 2.75. The van der Waals surface area contributed by atoms with Gasteiger partial charge in [-0.15, -0.1) is 0 Å². The number of hydrogen-bond donors (Lipinski definition) is 1. The number of aryl methyl sites for hydroxylation is 1. The van der Waals surface area contributed by atoms with Gasteiger partial charge in [0.05, 0.1) is 12.6 Å². The van der Waals surface area contributed by atoms with Crippen molar-refractivity contribution in [2.75, 3.05) is 13.2 Å². The van der Waals surface area contributed by atoms with Crippen LogP contribution < -0.4 is 14.8 Å². The second-order valence-corrected chi connectivity index (χ2v) is 6.84. The van der Waals surface area contributed by atoms with E-state index in [1.54, 1.807) is 36.4 Å². The smallest absolute Gasteiger partial charge is 0.258 e. The van der Waals surface area contributed by atoms with Gasteiger partial charge in [0.2, 0.25) is 0 Å². The van der Waals surface area contributed by atoms with Crippen molar-refractivity contribution in [2.24, 2.45) is 0 Å². The predicted molar refractivity (Wildman–Crippen MR) is 115 cm³/mol. The molecule has 30 heavy (non-hydrogen) atoms. The molecule has 0 unspecified atom stereocenters. The van der Waals surface area contributed by atoms with Gasteiger partial charge in [0.1, 0.15) is 17.3 Å². The summed E-state index contributed by atoms with van der Waals surface area (Å²) in [5, 5.41) is 2.96. The molecule has 3 rings (SSSR count). The van der Waals surface area contributed by atoms with Crippen LogP contribution in [0.15, 0.2) is 72.8 Å². The van der Waals surface area contributed by atoms with Crippen LogP contribution in [-0.4, -0.2) is 19.1 Å². The van der Waals surface area contributed by atoms with Crippen LogP contribution >= 0.6 is 0 Å². The highest BCUT2D eigenvalue weighted by molar-refractivity contribution is 5.78. The van der Waals surface area contributed by atoms with E-state index in [4.69, 9.17) is 9.47 Å². The molecular formula is C25H26FNO3. The Kier molecular flexibility index (Phi) is 7.44. The normalized spacial score (nSPS) is 11.6. The van der Waals surface area contributed by atoms with Crippen molar-refractivity contribution < 1.29 is 18.7 Å². The van der Waals surface area contributed by atoms with Crippen LogP contribution in [0, 0.1) is 5.82 Å². The van der Waals surface area contributed by atoms with E-state index < -0.39 is 6.04 Å². The van der Waals surface area contributed by atoms with Gasteiger partial charge in [0, 0.05) is 0 Å². The van der Waals surface area contributed by atoms with Gasteiger partial charge in [0.25, 0.3) is 5.91 Å². The van der Waals surface area contributed by atoms with Gasteiger partial charge in [-0.05, 0) is 66.4 Å². The number of benzene rings is 3.